The molecule has 130 valence electrons. The van der Waals surface area contributed by atoms with Crippen molar-refractivity contribution in [2.75, 3.05) is 6.61 Å². The molecule has 0 unspecified atom stereocenters. The van der Waals surface area contributed by atoms with E-state index in [-0.39, 0.29) is 12.4 Å². The van der Waals surface area contributed by atoms with Gasteiger partial charge in [-0.25, -0.2) is 0 Å². The van der Waals surface area contributed by atoms with E-state index in [0.29, 0.717) is 19.0 Å². The Morgan fingerprint density at radius 1 is 1.16 bits per heavy atom. The molecule has 0 radical (unpaired) electrons. The van der Waals surface area contributed by atoms with E-state index in [2.05, 4.69) is 15.9 Å². The van der Waals surface area contributed by atoms with Crippen molar-refractivity contribution in [3.8, 4) is 5.75 Å². The summed E-state index contributed by atoms with van der Waals surface area (Å²) in [4.78, 5) is 11.8. The van der Waals surface area contributed by atoms with Gasteiger partial charge in [-0.05, 0) is 38.1 Å². The van der Waals surface area contributed by atoms with Gasteiger partial charge in [-0.1, -0.05) is 33.6 Å². The van der Waals surface area contributed by atoms with Crippen LogP contribution in [0.5, 0.6) is 5.75 Å². The number of furan rings is 1. The van der Waals surface area contributed by atoms with Crippen molar-refractivity contribution >= 4 is 32.9 Å². The zero-order valence-corrected chi connectivity index (χ0v) is 15.8. The number of aryl methyl sites for hydroxylation is 1. The normalized spacial score (nSPS) is 10.8. The number of hydrogen-bond acceptors (Lipinski definition) is 4. The second-order valence-corrected chi connectivity index (χ2v) is 6.70. The average molecular weight is 403 g/mol. The van der Waals surface area contributed by atoms with E-state index in [1.54, 1.807) is 13.2 Å². The molecule has 3 rings (SSSR count). The van der Waals surface area contributed by atoms with Crippen molar-refractivity contribution in [2.24, 2.45) is 0 Å². The van der Waals surface area contributed by atoms with E-state index in [9.17, 15) is 4.79 Å². The zero-order valence-electron chi connectivity index (χ0n) is 14.2. The molecule has 0 N–H and O–H groups in total. The van der Waals surface area contributed by atoms with Gasteiger partial charge in [-0.15, -0.1) is 0 Å². The van der Waals surface area contributed by atoms with Crippen LogP contribution in [-0.2, 0) is 22.6 Å². The van der Waals surface area contributed by atoms with E-state index in [1.165, 1.54) is 0 Å². The van der Waals surface area contributed by atoms with Crippen molar-refractivity contribution in [3.63, 3.8) is 0 Å². The van der Waals surface area contributed by atoms with Gasteiger partial charge in [0.25, 0.3) is 0 Å². The molecule has 3 aromatic rings. The highest BCUT2D eigenvalue weighted by Gasteiger charge is 2.12. The van der Waals surface area contributed by atoms with Crippen LogP contribution in [0.1, 0.15) is 23.6 Å². The quantitative estimate of drug-likeness (QED) is 0.532. The van der Waals surface area contributed by atoms with E-state index in [4.69, 9.17) is 13.9 Å². The molecule has 2 aromatic carbocycles. The van der Waals surface area contributed by atoms with Crippen LogP contribution in [0.4, 0.5) is 0 Å². The van der Waals surface area contributed by atoms with Gasteiger partial charge in [-0.3, -0.25) is 4.79 Å². The van der Waals surface area contributed by atoms with Gasteiger partial charge in [0.2, 0.25) is 0 Å². The summed E-state index contributed by atoms with van der Waals surface area (Å²) in [6.07, 6.45) is 1.90. The summed E-state index contributed by atoms with van der Waals surface area (Å²) in [5, 5.41) is 1.01. The number of carbonyl (C=O) groups is 1. The van der Waals surface area contributed by atoms with Gasteiger partial charge >= 0.3 is 5.97 Å². The van der Waals surface area contributed by atoms with E-state index in [1.807, 2.05) is 43.3 Å². The molecule has 0 amide bonds. The number of fused-ring (bicyclic) bond motifs is 1. The first-order chi connectivity index (χ1) is 12.1. The van der Waals surface area contributed by atoms with E-state index >= 15 is 0 Å². The van der Waals surface area contributed by atoms with E-state index < -0.39 is 0 Å². The molecule has 0 saturated heterocycles. The molecular weight excluding hydrogens is 384 g/mol. The zero-order chi connectivity index (χ0) is 17.8. The maximum Gasteiger partial charge on any atom is 0.310 e. The Labute approximate surface area is 154 Å². The number of halogens is 1. The molecule has 0 saturated carbocycles. The number of esters is 1. The van der Waals surface area contributed by atoms with Crippen LogP contribution in [0, 0.1) is 6.92 Å². The van der Waals surface area contributed by atoms with Crippen LogP contribution < -0.4 is 4.74 Å². The Kier molecular flexibility index (Phi) is 5.43. The fraction of sp³-hybridized carbons (Fsp3) is 0.250. The van der Waals surface area contributed by atoms with Crippen LogP contribution in [-0.4, -0.2) is 12.6 Å². The molecule has 0 atom stereocenters. The van der Waals surface area contributed by atoms with E-state index in [0.717, 1.165) is 32.1 Å². The minimum atomic E-state index is -0.254. The topological polar surface area (TPSA) is 48.7 Å². The van der Waals surface area contributed by atoms with Crippen molar-refractivity contribution in [1.29, 1.82) is 0 Å². The summed E-state index contributed by atoms with van der Waals surface area (Å²) in [7, 11) is 0. The minimum Gasteiger partial charge on any atom is -0.488 e. The number of benzene rings is 2. The van der Waals surface area contributed by atoms with Crippen molar-refractivity contribution in [1.82, 2.24) is 0 Å². The first kappa shape index (κ1) is 17.5. The third-order valence-corrected chi connectivity index (χ3v) is 4.35. The summed E-state index contributed by atoms with van der Waals surface area (Å²) >= 11 is 3.47. The lowest BCUT2D eigenvalue weighted by molar-refractivity contribution is -0.142. The summed E-state index contributed by atoms with van der Waals surface area (Å²) < 4.78 is 17.6. The maximum absolute atomic E-state index is 11.8. The van der Waals surface area contributed by atoms with Crippen LogP contribution >= 0.6 is 15.9 Å². The SMILES string of the molecule is CCOC(=O)Cc1cc(C)ccc1OCc1coc2ccc(Br)cc12. The predicted octanol–water partition coefficient (Wildman–Crippen LogP) is 5.19. The molecule has 0 aliphatic carbocycles. The lowest BCUT2D eigenvalue weighted by atomic mass is 10.1. The Hall–Kier alpha value is -2.27. The van der Waals surface area contributed by atoms with Gasteiger partial charge in [0.1, 0.15) is 17.9 Å². The first-order valence-corrected chi connectivity index (χ1v) is 8.89. The van der Waals surface area contributed by atoms with Crippen LogP contribution in [0.3, 0.4) is 0 Å². The van der Waals surface area contributed by atoms with Crippen LogP contribution in [0.25, 0.3) is 11.0 Å². The fourth-order valence-corrected chi connectivity index (χ4v) is 3.04. The largest absolute Gasteiger partial charge is 0.488 e. The Morgan fingerprint density at radius 2 is 2.00 bits per heavy atom. The van der Waals surface area contributed by atoms with Gasteiger partial charge in [0.15, 0.2) is 0 Å². The Bertz CT molecular complexity index is 898. The number of ether oxygens (including phenoxy) is 2. The second kappa shape index (κ2) is 7.74. The van der Waals surface area contributed by atoms with Crippen molar-refractivity contribution in [2.45, 2.75) is 26.9 Å². The molecule has 5 heteroatoms. The molecule has 0 aliphatic rings. The minimum absolute atomic E-state index is 0.197. The maximum atomic E-state index is 11.8. The molecule has 0 bridgehead atoms. The van der Waals surface area contributed by atoms with Crippen molar-refractivity contribution in [3.05, 3.63) is 63.8 Å². The Balaban J connectivity index is 1.80. The van der Waals surface area contributed by atoms with Crippen molar-refractivity contribution < 1.29 is 18.7 Å². The first-order valence-electron chi connectivity index (χ1n) is 8.10. The number of carbonyl (C=O) groups excluding carboxylic acids is 1. The average Bonchev–Trinajstić information content (AvgIpc) is 2.96. The van der Waals surface area contributed by atoms with Gasteiger partial charge in [-0.2, -0.15) is 0 Å². The molecule has 4 nitrogen and oxygen atoms in total. The predicted molar refractivity (Wildman–Crippen MR) is 99.8 cm³/mol. The summed E-state index contributed by atoms with van der Waals surface area (Å²) in [5.41, 5.74) is 3.67. The highest BCUT2D eigenvalue weighted by molar-refractivity contribution is 9.10. The van der Waals surface area contributed by atoms with Gasteiger partial charge in [0.05, 0.1) is 19.3 Å². The lowest BCUT2D eigenvalue weighted by Gasteiger charge is -2.12. The van der Waals surface area contributed by atoms with Gasteiger partial charge in [0, 0.05) is 21.0 Å². The number of rotatable bonds is 6. The van der Waals surface area contributed by atoms with Gasteiger partial charge < -0.3 is 13.9 Å². The standard InChI is InChI=1S/C20H19BrO4/c1-3-23-20(22)9-14-8-13(2)4-6-18(14)24-11-15-12-25-19-7-5-16(21)10-17(15)19/h4-8,10,12H,3,9,11H2,1-2H3. The smallest absolute Gasteiger partial charge is 0.310 e. The molecule has 1 aromatic heterocycles. The highest BCUT2D eigenvalue weighted by Crippen LogP contribution is 2.27. The summed E-state index contributed by atoms with van der Waals surface area (Å²) in [5.74, 6) is 0.429. The molecule has 25 heavy (non-hydrogen) atoms. The third kappa shape index (κ3) is 4.23. The molecule has 0 fully saturated rings. The lowest BCUT2D eigenvalue weighted by Crippen LogP contribution is -2.09. The summed E-state index contributed by atoms with van der Waals surface area (Å²) in [6, 6.07) is 11.7. The third-order valence-electron chi connectivity index (χ3n) is 3.85. The van der Waals surface area contributed by atoms with Crippen LogP contribution in [0.2, 0.25) is 0 Å². The fourth-order valence-electron chi connectivity index (χ4n) is 2.68. The van der Waals surface area contributed by atoms with Crippen LogP contribution in [0.15, 0.2) is 51.6 Å². The monoisotopic (exact) mass is 402 g/mol. The molecule has 0 aliphatic heterocycles. The second-order valence-electron chi connectivity index (χ2n) is 5.78. The molecular formula is C20H19BrO4. The number of hydrogen-bond donors (Lipinski definition) is 0. The Morgan fingerprint density at radius 3 is 2.80 bits per heavy atom. The molecule has 1 heterocycles. The highest BCUT2D eigenvalue weighted by atomic mass is 79.9. The summed E-state index contributed by atoms with van der Waals surface area (Å²) in [6.45, 7) is 4.52. The molecule has 0 spiro atoms.